The highest BCUT2D eigenvalue weighted by atomic mass is 16.1. The smallest absolute Gasteiger partial charge is 0.160 e. The number of carbonyl (C=O) groups is 1. The first kappa shape index (κ1) is 12.9. The fourth-order valence-electron chi connectivity index (χ4n) is 2.46. The standard InChI is InChI=1S/C16H21NO/c1-12-8-13(2)10-15(9-12)17-11-14-6-4-3-5-7-16(14)18/h8-11,17H,3-7H2,1-2H3/b14-11+. The maximum Gasteiger partial charge on any atom is 0.160 e. The summed E-state index contributed by atoms with van der Waals surface area (Å²) in [6, 6.07) is 6.35. The molecule has 1 aromatic carbocycles. The summed E-state index contributed by atoms with van der Waals surface area (Å²) >= 11 is 0. The molecule has 0 aromatic heterocycles. The lowest BCUT2D eigenvalue weighted by atomic mass is 10.1. The fraction of sp³-hybridized carbons (Fsp3) is 0.438. The number of benzene rings is 1. The zero-order valence-corrected chi connectivity index (χ0v) is 11.3. The molecule has 2 heteroatoms. The highest BCUT2D eigenvalue weighted by Crippen LogP contribution is 2.20. The van der Waals surface area contributed by atoms with Crippen LogP contribution in [-0.2, 0) is 4.79 Å². The van der Waals surface area contributed by atoms with Crippen LogP contribution in [0.5, 0.6) is 0 Å². The van der Waals surface area contributed by atoms with E-state index in [0.29, 0.717) is 12.2 Å². The van der Waals surface area contributed by atoms with Gasteiger partial charge in [0.1, 0.15) is 0 Å². The van der Waals surface area contributed by atoms with Crippen molar-refractivity contribution >= 4 is 11.5 Å². The van der Waals surface area contributed by atoms with Gasteiger partial charge in [0.15, 0.2) is 5.78 Å². The van der Waals surface area contributed by atoms with E-state index < -0.39 is 0 Å². The number of hydrogen-bond donors (Lipinski definition) is 1. The molecule has 1 saturated carbocycles. The Morgan fingerprint density at radius 2 is 1.67 bits per heavy atom. The Kier molecular flexibility index (Phi) is 4.19. The Labute approximate surface area is 109 Å². The molecule has 0 saturated heterocycles. The molecule has 0 bridgehead atoms. The van der Waals surface area contributed by atoms with Crippen LogP contribution in [-0.4, -0.2) is 5.78 Å². The molecule has 0 radical (unpaired) electrons. The van der Waals surface area contributed by atoms with Crippen molar-refractivity contribution in [3.63, 3.8) is 0 Å². The van der Waals surface area contributed by atoms with Crippen LogP contribution >= 0.6 is 0 Å². The maximum atomic E-state index is 11.9. The van der Waals surface area contributed by atoms with E-state index in [0.717, 1.165) is 30.5 Å². The summed E-state index contributed by atoms with van der Waals surface area (Å²) in [4.78, 5) is 11.9. The Morgan fingerprint density at radius 1 is 1.00 bits per heavy atom. The van der Waals surface area contributed by atoms with Crippen LogP contribution in [0.15, 0.2) is 30.0 Å². The Morgan fingerprint density at radius 3 is 2.39 bits per heavy atom. The van der Waals surface area contributed by atoms with E-state index in [1.54, 1.807) is 0 Å². The average Bonchev–Trinajstić information content (AvgIpc) is 2.50. The van der Waals surface area contributed by atoms with Gasteiger partial charge in [-0.3, -0.25) is 4.79 Å². The number of aryl methyl sites for hydroxylation is 2. The lowest BCUT2D eigenvalue weighted by Gasteiger charge is -2.07. The van der Waals surface area contributed by atoms with E-state index in [9.17, 15) is 4.79 Å². The van der Waals surface area contributed by atoms with Gasteiger partial charge in [-0.05, 0) is 56.4 Å². The predicted octanol–water partition coefficient (Wildman–Crippen LogP) is 4.13. The van der Waals surface area contributed by atoms with Crippen LogP contribution in [0, 0.1) is 13.8 Å². The molecular weight excluding hydrogens is 222 g/mol. The summed E-state index contributed by atoms with van der Waals surface area (Å²) < 4.78 is 0. The summed E-state index contributed by atoms with van der Waals surface area (Å²) in [7, 11) is 0. The maximum absolute atomic E-state index is 11.9. The molecule has 1 aliphatic carbocycles. The summed E-state index contributed by atoms with van der Waals surface area (Å²) in [5.74, 6) is 0.310. The van der Waals surface area contributed by atoms with E-state index in [4.69, 9.17) is 0 Å². The van der Waals surface area contributed by atoms with E-state index >= 15 is 0 Å². The molecule has 0 spiro atoms. The Bertz CT molecular complexity index is 454. The third-order valence-corrected chi connectivity index (χ3v) is 3.34. The molecule has 0 atom stereocenters. The molecule has 0 aliphatic heterocycles. The first-order valence-electron chi connectivity index (χ1n) is 6.72. The average molecular weight is 243 g/mol. The van der Waals surface area contributed by atoms with Crippen molar-refractivity contribution in [2.75, 3.05) is 5.32 Å². The number of Topliss-reactive ketones (excluding diaryl/α,β-unsaturated/α-hetero) is 1. The summed E-state index contributed by atoms with van der Waals surface area (Å²) in [5, 5.41) is 3.27. The minimum atomic E-state index is 0.310. The molecule has 1 fully saturated rings. The van der Waals surface area contributed by atoms with Crippen LogP contribution in [0.4, 0.5) is 5.69 Å². The van der Waals surface area contributed by atoms with Crippen molar-refractivity contribution in [3.05, 3.63) is 41.1 Å². The van der Waals surface area contributed by atoms with Crippen LogP contribution in [0.3, 0.4) is 0 Å². The molecule has 2 nitrogen and oxygen atoms in total. The van der Waals surface area contributed by atoms with Crippen molar-refractivity contribution in [1.82, 2.24) is 0 Å². The molecule has 1 N–H and O–H groups in total. The van der Waals surface area contributed by atoms with Crippen LogP contribution in [0.2, 0.25) is 0 Å². The molecular formula is C16H21NO. The number of rotatable bonds is 2. The Balaban J connectivity index is 2.10. The first-order chi connectivity index (χ1) is 8.65. The van der Waals surface area contributed by atoms with Gasteiger partial charge in [0.05, 0.1) is 0 Å². The van der Waals surface area contributed by atoms with Gasteiger partial charge < -0.3 is 5.32 Å². The highest BCUT2D eigenvalue weighted by molar-refractivity contribution is 5.95. The van der Waals surface area contributed by atoms with E-state index in [1.807, 2.05) is 6.20 Å². The van der Waals surface area contributed by atoms with Crippen LogP contribution in [0.25, 0.3) is 0 Å². The SMILES string of the molecule is Cc1cc(C)cc(N/C=C2\CCCCCC2=O)c1. The second kappa shape index (κ2) is 5.85. The monoisotopic (exact) mass is 243 g/mol. The van der Waals surface area contributed by atoms with Gasteiger partial charge in [0.2, 0.25) is 0 Å². The van der Waals surface area contributed by atoms with Crippen molar-refractivity contribution in [2.24, 2.45) is 0 Å². The molecule has 2 rings (SSSR count). The highest BCUT2D eigenvalue weighted by Gasteiger charge is 2.12. The topological polar surface area (TPSA) is 29.1 Å². The summed E-state index contributed by atoms with van der Waals surface area (Å²) in [6.45, 7) is 4.17. The predicted molar refractivity (Wildman–Crippen MR) is 75.7 cm³/mol. The number of allylic oxidation sites excluding steroid dienone is 1. The molecule has 1 aromatic rings. The Hall–Kier alpha value is -1.57. The van der Waals surface area contributed by atoms with Gasteiger partial charge >= 0.3 is 0 Å². The molecule has 0 heterocycles. The zero-order chi connectivity index (χ0) is 13.0. The quantitative estimate of drug-likeness (QED) is 0.625. The van der Waals surface area contributed by atoms with Gasteiger partial charge in [-0.25, -0.2) is 0 Å². The lowest BCUT2D eigenvalue weighted by molar-refractivity contribution is -0.115. The summed E-state index contributed by atoms with van der Waals surface area (Å²) in [5.41, 5.74) is 4.50. The number of anilines is 1. The largest absolute Gasteiger partial charge is 0.361 e. The third kappa shape index (κ3) is 3.46. The van der Waals surface area contributed by atoms with E-state index in [2.05, 4.69) is 37.4 Å². The van der Waals surface area contributed by atoms with Crippen LogP contribution in [0.1, 0.15) is 43.2 Å². The third-order valence-electron chi connectivity index (χ3n) is 3.34. The number of carbonyl (C=O) groups excluding carboxylic acids is 1. The second-order valence-corrected chi connectivity index (χ2v) is 5.17. The van der Waals surface area contributed by atoms with E-state index in [1.165, 1.54) is 17.5 Å². The first-order valence-corrected chi connectivity index (χ1v) is 6.72. The second-order valence-electron chi connectivity index (χ2n) is 5.17. The van der Waals surface area contributed by atoms with Gasteiger partial charge in [0.25, 0.3) is 0 Å². The number of ketones is 1. The van der Waals surface area contributed by atoms with Crippen molar-refractivity contribution in [1.29, 1.82) is 0 Å². The number of nitrogens with one attached hydrogen (secondary N) is 1. The molecule has 96 valence electrons. The van der Waals surface area contributed by atoms with Crippen molar-refractivity contribution in [2.45, 2.75) is 46.0 Å². The molecule has 1 aliphatic rings. The minimum absolute atomic E-state index is 0.310. The lowest BCUT2D eigenvalue weighted by Crippen LogP contribution is -2.02. The van der Waals surface area contributed by atoms with E-state index in [-0.39, 0.29) is 0 Å². The van der Waals surface area contributed by atoms with Crippen molar-refractivity contribution < 1.29 is 4.79 Å². The zero-order valence-electron chi connectivity index (χ0n) is 11.3. The fourth-order valence-corrected chi connectivity index (χ4v) is 2.46. The van der Waals surface area contributed by atoms with Gasteiger partial charge in [0, 0.05) is 23.9 Å². The van der Waals surface area contributed by atoms with Gasteiger partial charge in [-0.15, -0.1) is 0 Å². The minimum Gasteiger partial charge on any atom is -0.361 e. The van der Waals surface area contributed by atoms with Gasteiger partial charge in [-0.1, -0.05) is 12.5 Å². The number of hydrogen-bond acceptors (Lipinski definition) is 2. The normalized spacial score (nSPS) is 18.8. The molecule has 0 unspecified atom stereocenters. The van der Waals surface area contributed by atoms with Gasteiger partial charge in [-0.2, -0.15) is 0 Å². The van der Waals surface area contributed by atoms with Crippen LogP contribution < -0.4 is 5.32 Å². The summed E-state index contributed by atoms with van der Waals surface area (Å²) in [6.07, 6.45) is 6.87. The molecule has 0 amide bonds. The van der Waals surface area contributed by atoms with Crippen molar-refractivity contribution in [3.8, 4) is 0 Å². The molecule has 18 heavy (non-hydrogen) atoms.